The summed E-state index contributed by atoms with van der Waals surface area (Å²) >= 11 is 0. The number of rotatable bonds is 5. The van der Waals surface area contributed by atoms with E-state index in [9.17, 15) is 4.79 Å². The Balaban J connectivity index is 2.47. The lowest BCUT2D eigenvalue weighted by Crippen LogP contribution is -2.45. The van der Waals surface area contributed by atoms with Crippen LogP contribution in [0.15, 0.2) is 24.3 Å². The maximum atomic E-state index is 11.7. The van der Waals surface area contributed by atoms with Crippen LogP contribution in [-0.4, -0.2) is 18.0 Å². The van der Waals surface area contributed by atoms with Crippen LogP contribution in [0, 0.1) is 6.92 Å². The highest BCUT2D eigenvalue weighted by Gasteiger charge is 2.17. The molecule has 0 spiro atoms. The van der Waals surface area contributed by atoms with Gasteiger partial charge in [-0.25, -0.2) is 0 Å². The lowest BCUT2D eigenvalue weighted by Gasteiger charge is -2.24. The van der Waals surface area contributed by atoms with Crippen molar-refractivity contribution in [1.82, 2.24) is 5.32 Å². The molecule has 0 aliphatic carbocycles. The summed E-state index contributed by atoms with van der Waals surface area (Å²) in [5.41, 5.74) is 2.02. The average molecular weight is 234 g/mol. The van der Waals surface area contributed by atoms with Gasteiger partial charge in [-0.15, -0.1) is 0 Å². The van der Waals surface area contributed by atoms with Gasteiger partial charge in [0.2, 0.25) is 5.91 Å². The Kier molecular flexibility index (Phi) is 4.55. The fourth-order valence-electron chi connectivity index (χ4n) is 1.46. The largest absolute Gasteiger partial charge is 0.376 e. The van der Waals surface area contributed by atoms with Crippen molar-refractivity contribution in [2.45, 2.75) is 39.7 Å². The SMILES string of the molecule is CCC(C)(C)NC(=O)CNc1ccccc1C. The number of amides is 1. The topological polar surface area (TPSA) is 41.1 Å². The van der Waals surface area contributed by atoms with Crippen molar-refractivity contribution in [3.63, 3.8) is 0 Å². The molecule has 0 unspecified atom stereocenters. The Labute approximate surface area is 104 Å². The van der Waals surface area contributed by atoms with Crippen LogP contribution in [-0.2, 0) is 4.79 Å². The summed E-state index contributed by atoms with van der Waals surface area (Å²) < 4.78 is 0. The molecule has 1 amide bonds. The monoisotopic (exact) mass is 234 g/mol. The van der Waals surface area contributed by atoms with E-state index in [1.807, 2.05) is 45.0 Å². The van der Waals surface area contributed by atoms with Crippen molar-refractivity contribution >= 4 is 11.6 Å². The van der Waals surface area contributed by atoms with E-state index in [0.717, 1.165) is 17.7 Å². The van der Waals surface area contributed by atoms with Gasteiger partial charge in [0, 0.05) is 11.2 Å². The van der Waals surface area contributed by atoms with Crippen molar-refractivity contribution < 1.29 is 4.79 Å². The number of anilines is 1. The minimum absolute atomic E-state index is 0.0279. The fourth-order valence-corrected chi connectivity index (χ4v) is 1.46. The summed E-state index contributed by atoms with van der Waals surface area (Å²) in [6.07, 6.45) is 0.920. The smallest absolute Gasteiger partial charge is 0.239 e. The molecule has 0 aromatic heterocycles. The molecule has 0 heterocycles. The third kappa shape index (κ3) is 4.47. The Morgan fingerprint density at radius 2 is 1.94 bits per heavy atom. The van der Waals surface area contributed by atoms with Crippen molar-refractivity contribution in [1.29, 1.82) is 0 Å². The molecule has 3 nitrogen and oxygen atoms in total. The molecule has 0 aliphatic heterocycles. The third-order valence-electron chi connectivity index (χ3n) is 2.95. The molecule has 0 atom stereocenters. The van der Waals surface area contributed by atoms with Gasteiger partial charge in [0.25, 0.3) is 0 Å². The summed E-state index contributed by atoms with van der Waals surface area (Å²) in [7, 11) is 0. The van der Waals surface area contributed by atoms with Gasteiger partial charge in [-0.1, -0.05) is 25.1 Å². The first-order chi connectivity index (χ1) is 7.94. The van der Waals surface area contributed by atoms with Crippen LogP contribution in [0.3, 0.4) is 0 Å². The zero-order chi connectivity index (χ0) is 12.9. The number of carbonyl (C=O) groups excluding carboxylic acids is 1. The van der Waals surface area contributed by atoms with Crippen LogP contribution >= 0.6 is 0 Å². The fraction of sp³-hybridized carbons (Fsp3) is 0.500. The van der Waals surface area contributed by atoms with Crippen LogP contribution in [0.2, 0.25) is 0 Å². The Bertz CT molecular complexity index is 386. The second kappa shape index (κ2) is 5.71. The summed E-state index contributed by atoms with van der Waals surface area (Å²) in [4.78, 5) is 11.7. The average Bonchev–Trinajstić information content (AvgIpc) is 2.27. The predicted octanol–water partition coefficient (Wildman–Crippen LogP) is 2.71. The molecule has 0 saturated heterocycles. The van der Waals surface area contributed by atoms with Gasteiger partial charge >= 0.3 is 0 Å². The Morgan fingerprint density at radius 3 is 2.53 bits per heavy atom. The predicted molar refractivity (Wildman–Crippen MR) is 72.2 cm³/mol. The van der Waals surface area contributed by atoms with E-state index in [1.54, 1.807) is 0 Å². The van der Waals surface area contributed by atoms with Gasteiger partial charge in [-0.05, 0) is 38.8 Å². The van der Waals surface area contributed by atoms with Gasteiger partial charge in [-0.3, -0.25) is 4.79 Å². The second-order valence-corrected chi connectivity index (χ2v) is 4.95. The lowest BCUT2D eigenvalue weighted by atomic mass is 10.0. The summed E-state index contributed by atoms with van der Waals surface area (Å²) in [6, 6.07) is 7.95. The quantitative estimate of drug-likeness (QED) is 0.822. The molecule has 2 N–H and O–H groups in total. The van der Waals surface area contributed by atoms with Crippen molar-refractivity contribution in [3.05, 3.63) is 29.8 Å². The second-order valence-electron chi connectivity index (χ2n) is 4.95. The van der Waals surface area contributed by atoms with Crippen LogP contribution in [0.4, 0.5) is 5.69 Å². The van der Waals surface area contributed by atoms with Crippen molar-refractivity contribution in [3.8, 4) is 0 Å². The van der Waals surface area contributed by atoms with Crippen LogP contribution in [0.1, 0.15) is 32.8 Å². The normalized spacial score (nSPS) is 11.1. The van der Waals surface area contributed by atoms with Gasteiger partial charge < -0.3 is 10.6 Å². The molecule has 3 heteroatoms. The number of hydrogen-bond donors (Lipinski definition) is 2. The summed E-state index contributed by atoms with van der Waals surface area (Å²) in [5, 5.41) is 6.14. The van der Waals surface area contributed by atoms with Gasteiger partial charge in [0.15, 0.2) is 0 Å². The van der Waals surface area contributed by atoms with E-state index in [2.05, 4.69) is 17.6 Å². The first kappa shape index (κ1) is 13.6. The van der Waals surface area contributed by atoms with Crippen LogP contribution in [0.25, 0.3) is 0 Å². The van der Waals surface area contributed by atoms with E-state index in [-0.39, 0.29) is 11.4 Å². The number of benzene rings is 1. The molecule has 1 aromatic carbocycles. The van der Waals surface area contributed by atoms with Gasteiger partial charge in [-0.2, -0.15) is 0 Å². The number of carbonyl (C=O) groups is 1. The van der Waals surface area contributed by atoms with Crippen LogP contribution in [0.5, 0.6) is 0 Å². The molecule has 1 rings (SSSR count). The van der Waals surface area contributed by atoms with E-state index < -0.39 is 0 Å². The zero-order valence-corrected chi connectivity index (χ0v) is 11.1. The van der Waals surface area contributed by atoms with Crippen molar-refractivity contribution in [2.24, 2.45) is 0 Å². The molecule has 0 radical (unpaired) electrons. The molecule has 94 valence electrons. The highest BCUT2D eigenvalue weighted by Crippen LogP contribution is 2.12. The van der Waals surface area contributed by atoms with Crippen LogP contribution < -0.4 is 10.6 Å². The summed E-state index contributed by atoms with van der Waals surface area (Å²) in [5.74, 6) is 0.0279. The number of nitrogens with one attached hydrogen (secondary N) is 2. The highest BCUT2D eigenvalue weighted by molar-refractivity contribution is 5.81. The Hall–Kier alpha value is -1.51. The standard InChI is InChI=1S/C14H22N2O/c1-5-14(3,4)16-13(17)10-15-12-9-7-6-8-11(12)2/h6-9,15H,5,10H2,1-4H3,(H,16,17). The molecular weight excluding hydrogens is 212 g/mol. The number of para-hydroxylation sites is 1. The maximum Gasteiger partial charge on any atom is 0.239 e. The summed E-state index contributed by atoms with van der Waals surface area (Å²) in [6.45, 7) is 8.46. The first-order valence-electron chi connectivity index (χ1n) is 6.05. The Morgan fingerprint density at radius 1 is 1.29 bits per heavy atom. The molecule has 0 fully saturated rings. The van der Waals surface area contributed by atoms with E-state index >= 15 is 0 Å². The van der Waals surface area contributed by atoms with E-state index in [4.69, 9.17) is 0 Å². The molecular formula is C14H22N2O. The minimum Gasteiger partial charge on any atom is -0.376 e. The molecule has 17 heavy (non-hydrogen) atoms. The third-order valence-corrected chi connectivity index (χ3v) is 2.95. The van der Waals surface area contributed by atoms with E-state index in [1.165, 1.54) is 0 Å². The molecule has 0 aliphatic rings. The number of hydrogen-bond acceptors (Lipinski definition) is 2. The highest BCUT2D eigenvalue weighted by atomic mass is 16.2. The minimum atomic E-state index is -0.134. The molecule has 0 saturated carbocycles. The number of aryl methyl sites for hydroxylation is 1. The first-order valence-corrected chi connectivity index (χ1v) is 6.05. The zero-order valence-electron chi connectivity index (χ0n) is 11.1. The van der Waals surface area contributed by atoms with Gasteiger partial charge in [0.05, 0.1) is 6.54 Å². The van der Waals surface area contributed by atoms with Crippen molar-refractivity contribution in [2.75, 3.05) is 11.9 Å². The molecule has 1 aromatic rings. The lowest BCUT2D eigenvalue weighted by molar-refractivity contribution is -0.121. The van der Waals surface area contributed by atoms with E-state index in [0.29, 0.717) is 6.54 Å². The molecule has 0 bridgehead atoms. The maximum absolute atomic E-state index is 11.7. The van der Waals surface area contributed by atoms with Gasteiger partial charge in [0.1, 0.15) is 0 Å².